The minimum atomic E-state index is -4.42. The molecule has 0 aliphatic heterocycles. The quantitative estimate of drug-likeness (QED) is 0.169. The lowest BCUT2D eigenvalue weighted by atomic mass is 9.99. The van der Waals surface area contributed by atoms with Gasteiger partial charge in [0, 0.05) is 0 Å². The number of hydrogen-bond acceptors (Lipinski definition) is 1. The highest BCUT2D eigenvalue weighted by Gasteiger charge is 2.30. The molecular formula is C30H19F3N2. The summed E-state index contributed by atoms with van der Waals surface area (Å²) in [5.41, 5.74) is 4.15. The zero-order chi connectivity index (χ0) is 25.0. The Labute approximate surface area is 201 Å². The zero-order valence-corrected chi connectivity index (χ0v) is 18.8. The van der Waals surface area contributed by atoms with E-state index in [2.05, 4.69) is 10.9 Å². The van der Waals surface area contributed by atoms with Crippen LogP contribution in [0.1, 0.15) is 33.4 Å². The van der Waals surface area contributed by atoms with E-state index in [-0.39, 0.29) is 5.70 Å². The highest BCUT2D eigenvalue weighted by molar-refractivity contribution is 5.94. The molecule has 0 fully saturated rings. The molecule has 0 aromatic heterocycles. The van der Waals surface area contributed by atoms with Crippen molar-refractivity contribution in [3.05, 3.63) is 130 Å². The third-order valence-corrected chi connectivity index (χ3v) is 5.61. The van der Waals surface area contributed by atoms with E-state index in [1.807, 2.05) is 73.7 Å². The number of alkyl halides is 3. The van der Waals surface area contributed by atoms with Crippen molar-refractivity contribution in [2.24, 2.45) is 0 Å². The fourth-order valence-electron chi connectivity index (χ4n) is 3.71. The summed E-state index contributed by atoms with van der Waals surface area (Å²) in [6.45, 7) is 9.48. The van der Waals surface area contributed by atoms with Gasteiger partial charge in [-0.05, 0) is 64.2 Å². The molecule has 0 saturated heterocycles. The molecule has 5 heteroatoms. The average Bonchev–Trinajstić information content (AvgIpc) is 2.86. The number of nitrogens with zero attached hydrogens (tertiary/aromatic N) is 2. The molecule has 0 spiro atoms. The molecule has 170 valence electrons. The van der Waals surface area contributed by atoms with Crippen LogP contribution in [-0.2, 0) is 6.18 Å². The van der Waals surface area contributed by atoms with Gasteiger partial charge in [0.1, 0.15) is 0 Å². The SMILES string of the molecule is [C-]#[N+]/C(=C\c1ccc2cc(/C=C(\C#N)c3ccc(C)cc3)ccc2c1)c1ccc(C(F)(F)F)cc1. The lowest BCUT2D eigenvalue weighted by Crippen LogP contribution is -2.04. The van der Waals surface area contributed by atoms with Gasteiger partial charge >= 0.3 is 6.18 Å². The summed E-state index contributed by atoms with van der Waals surface area (Å²) >= 11 is 0. The van der Waals surface area contributed by atoms with Crippen LogP contribution in [0.15, 0.2) is 84.9 Å². The van der Waals surface area contributed by atoms with Gasteiger partial charge in [-0.15, -0.1) is 0 Å². The van der Waals surface area contributed by atoms with Gasteiger partial charge in [-0.3, -0.25) is 0 Å². The highest BCUT2D eigenvalue weighted by Crippen LogP contribution is 2.31. The van der Waals surface area contributed by atoms with E-state index >= 15 is 0 Å². The van der Waals surface area contributed by atoms with Crippen molar-refractivity contribution in [2.45, 2.75) is 13.1 Å². The number of rotatable bonds is 4. The summed E-state index contributed by atoms with van der Waals surface area (Å²) in [5.74, 6) is 0. The first-order valence-electron chi connectivity index (χ1n) is 10.8. The van der Waals surface area contributed by atoms with Gasteiger partial charge in [0.05, 0.1) is 23.8 Å². The number of fused-ring (bicyclic) bond motifs is 1. The van der Waals surface area contributed by atoms with Gasteiger partial charge in [0.25, 0.3) is 0 Å². The lowest BCUT2D eigenvalue weighted by Gasteiger charge is -2.07. The Balaban J connectivity index is 1.63. The first kappa shape index (κ1) is 23.5. The van der Waals surface area contributed by atoms with Gasteiger partial charge in [-0.1, -0.05) is 78.4 Å². The Bertz CT molecular complexity index is 1530. The lowest BCUT2D eigenvalue weighted by molar-refractivity contribution is -0.137. The third-order valence-electron chi connectivity index (χ3n) is 5.61. The number of aryl methyl sites for hydroxylation is 1. The van der Waals surface area contributed by atoms with E-state index in [9.17, 15) is 18.4 Å². The van der Waals surface area contributed by atoms with Crippen LogP contribution in [0.3, 0.4) is 0 Å². The van der Waals surface area contributed by atoms with Crippen LogP contribution in [0, 0.1) is 24.8 Å². The molecule has 0 atom stereocenters. The minimum Gasteiger partial charge on any atom is -0.238 e. The molecule has 0 saturated carbocycles. The minimum absolute atomic E-state index is 0.259. The summed E-state index contributed by atoms with van der Waals surface area (Å²) in [6.07, 6.45) is -0.908. The molecule has 4 rings (SSSR count). The van der Waals surface area contributed by atoms with Crippen molar-refractivity contribution < 1.29 is 13.2 Å². The van der Waals surface area contributed by atoms with E-state index in [4.69, 9.17) is 6.57 Å². The molecule has 0 unspecified atom stereocenters. The van der Waals surface area contributed by atoms with E-state index in [1.54, 1.807) is 6.08 Å². The second-order valence-electron chi connectivity index (χ2n) is 8.12. The molecule has 0 amide bonds. The molecule has 0 aliphatic carbocycles. The monoisotopic (exact) mass is 464 g/mol. The summed E-state index contributed by atoms with van der Waals surface area (Å²) in [7, 11) is 0. The molecule has 0 aliphatic rings. The molecule has 4 aromatic carbocycles. The van der Waals surface area contributed by atoms with Crippen molar-refractivity contribution in [1.82, 2.24) is 0 Å². The summed E-state index contributed by atoms with van der Waals surface area (Å²) in [5, 5.41) is 11.5. The van der Waals surface area contributed by atoms with E-state index in [1.165, 1.54) is 12.1 Å². The first-order valence-corrected chi connectivity index (χ1v) is 10.8. The first-order chi connectivity index (χ1) is 16.8. The third kappa shape index (κ3) is 5.49. The van der Waals surface area contributed by atoms with Gasteiger partial charge in [-0.2, -0.15) is 18.4 Å². The standard InChI is InChI=1S/C30H19F3N2/c1-20-3-7-23(8-4-20)27(19-34)17-21-5-9-26-16-22(6-10-25(26)15-21)18-29(35-2)24-11-13-28(14-12-24)30(31,32)33/h3-18H,1H3/b27-17+,29-18-. The summed E-state index contributed by atoms with van der Waals surface area (Å²) < 4.78 is 38.5. The Morgan fingerprint density at radius 3 is 1.86 bits per heavy atom. The van der Waals surface area contributed by atoms with Gasteiger partial charge in [0.15, 0.2) is 5.70 Å². The zero-order valence-electron chi connectivity index (χ0n) is 18.8. The normalized spacial score (nSPS) is 12.3. The van der Waals surface area contributed by atoms with E-state index < -0.39 is 11.7 Å². The predicted octanol–water partition coefficient (Wildman–Crippen LogP) is 8.65. The van der Waals surface area contributed by atoms with Crippen molar-refractivity contribution in [3.8, 4) is 6.07 Å². The van der Waals surface area contributed by atoms with Crippen LogP contribution in [-0.4, -0.2) is 0 Å². The van der Waals surface area contributed by atoms with Crippen LogP contribution in [0.2, 0.25) is 0 Å². The molecule has 0 N–H and O–H groups in total. The second-order valence-corrected chi connectivity index (χ2v) is 8.12. The van der Waals surface area contributed by atoms with Gasteiger partial charge < -0.3 is 0 Å². The number of halogens is 3. The fourth-order valence-corrected chi connectivity index (χ4v) is 3.71. The van der Waals surface area contributed by atoms with Crippen LogP contribution < -0.4 is 0 Å². The Hall–Kier alpha value is -4.61. The number of benzene rings is 4. The second kappa shape index (κ2) is 9.71. The Morgan fingerprint density at radius 2 is 1.34 bits per heavy atom. The van der Waals surface area contributed by atoms with Crippen molar-refractivity contribution in [1.29, 1.82) is 5.26 Å². The van der Waals surface area contributed by atoms with Gasteiger partial charge in [-0.25, -0.2) is 4.85 Å². The molecular weight excluding hydrogens is 445 g/mol. The van der Waals surface area contributed by atoms with Crippen LogP contribution in [0.25, 0.3) is 39.0 Å². The highest BCUT2D eigenvalue weighted by atomic mass is 19.4. The smallest absolute Gasteiger partial charge is 0.238 e. The largest absolute Gasteiger partial charge is 0.416 e. The van der Waals surface area contributed by atoms with Gasteiger partial charge in [0.2, 0.25) is 0 Å². The molecule has 2 nitrogen and oxygen atoms in total. The van der Waals surface area contributed by atoms with Crippen molar-refractivity contribution >= 4 is 34.2 Å². The van der Waals surface area contributed by atoms with Crippen LogP contribution in [0.4, 0.5) is 13.2 Å². The summed E-state index contributed by atoms with van der Waals surface area (Å²) in [6, 6.07) is 26.2. The molecule has 0 bridgehead atoms. The average molecular weight is 464 g/mol. The molecule has 4 aromatic rings. The maximum atomic E-state index is 12.8. The number of allylic oxidation sites excluding steroid dienone is 1. The molecule has 0 heterocycles. The molecule has 0 radical (unpaired) electrons. The fraction of sp³-hybridized carbons (Fsp3) is 0.0667. The Morgan fingerprint density at radius 1 is 0.800 bits per heavy atom. The number of hydrogen-bond donors (Lipinski definition) is 0. The predicted molar refractivity (Wildman–Crippen MR) is 135 cm³/mol. The Kier molecular flexibility index (Phi) is 6.53. The van der Waals surface area contributed by atoms with Crippen LogP contribution >= 0.6 is 0 Å². The molecule has 35 heavy (non-hydrogen) atoms. The van der Waals surface area contributed by atoms with Crippen LogP contribution in [0.5, 0.6) is 0 Å². The van der Waals surface area contributed by atoms with Crippen molar-refractivity contribution in [2.75, 3.05) is 0 Å². The van der Waals surface area contributed by atoms with E-state index in [0.29, 0.717) is 11.1 Å². The maximum absolute atomic E-state index is 12.8. The topological polar surface area (TPSA) is 28.1 Å². The van der Waals surface area contributed by atoms with E-state index in [0.717, 1.165) is 45.2 Å². The van der Waals surface area contributed by atoms with Crippen molar-refractivity contribution in [3.63, 3.8) is 0 Å². The number of nitriles is 1. The maximum Gasteiger partial charge on any atom is 0.416 e. The summed E-state index contributed by atoms with van der Waals surface area (Å²) in [4.78, 5) is 3.51.